The molecule has 0 saturated carbocycles. The summed E-state index contributed by atoms with van der Waals surface area (Å²) in [4.78, 5) is 10.7. The van der Waals surface area contributed by atoms with E-state index in [-0.39, 0.29) is 10.2 Å². The van der Waals surface area contributed by atoms with Crippen molar-refractivity contribution in [2.75, 3.05) is 0 Å². The number of carbonyl (C=O) groups is 1. The van der Waals surface area contributed by atoms with Crippen LogP contribution in [-0.4, -0.2) is 21.3 Å². The summed E-state index contributed by atoms with van der Waals surface area (Å²) in [5.74, 6) is -1.10. The quantitative estimate of drug-likeness (QED) is 0.781. The SMILES string of the molecule is O=C(O)c1nnc(OCc2ccc(-c3ccccc3)cc2)s1. The first-order valence-corrected chi connectivity index (χ1v) is 7.38. The smallest absolute Gasteiger partial charge is 0.367 e. The molecule has 0 radical (unpaired) electrons. The maximum absolute atomic E-state index is 10.7. The van der Waals surface area contributed by atoms with Gasteiger partial charge < -0.3 is 9.84 Å². The summed E-state index contributed by atoms with van der Waals surface area (Å²) in [5.41, 5.74) is 3.27. The summed E-state index contributed by atoms with van der Waals surface area (Å²) in [6.07, 6.45) is 0. The standard InChI is InChI=1S/C16H12N2O3S/c19-15(20)14-17-18-16(22-14)21-10-11-6-8-13(9-7-11)12-4-2-1-3-5-12/h1-9H,10H2,(H,19,20). The van der Waals surface area contributed by atoms with Crippen LogP contribution in [0.3, 0.4) is 0 Å². The van der Waals surface area contributed by atoms with Gasteiger partial charge in [-0.05, 0) is 28.0 Å². The van der Waals surface area contributed by atoms with Gasteiger partial charge in [0.2, 0.25) is 5.01 Å². The van der Waals surface area contributed by atoms with E-state index in [4.69, 9.17) is 9.84 Å². The van der Waals surface area contributed by atoms with E-state index in [0.29, 0.717) is 6.61 Å². The zero-order chi connectivity index (χ0) is 15.4. The van der Waals surface area contributed by atoms with Gasteiger partial charge in [0, 0.05) is 0 Å². The van der Waals surface area contributed by atoms with E-state index in [1.807, 2.05) is 42.5 Å². The molecule has 3 rings (SSSR count). The van der Waals surface area contributed by atoms with Gasteiger partial charge in [-0.3, -0.25) is 0 Å². The lowest BCUT2D eigenvalue weighted by molar-refractivity contribution is 0.0695. The number of benzene rings is 2. The van der Waals surface area contributed by atoms with Crippen molar-refractivity contribution < 1.29 is 14.6 Å². The fourth-order valence-corrected chi connectivity index (χ4v) is 2.46. The molecule has 0 fully saturated rings. The average Bonchev–Trinajstić information content (AvgIpc) is 3.04. The lowest BCUT2D eigenvalue weighted by Crippen LogP contribution is -1.94. The molecule has 0 aliphatic heterocycles. The molecule has 6 heteroatoms. The molecule has 1 heterocycles. The summed E-state index contributed by atoms with van der Waals surface area (Å²) in [6.45, 7) is 0.323. The number of nitrogens with zero attached hydrogens (tertiary/aromatic N) is 2. The van der Waals surface area contributed by atoms with Gasteiger partial charge in [0.15, 0.2) is 0 Å². The molecule has 0 amide bonds. The highest BCUT2D eigenvalue weighted by molar-refractivity contribution is 7.14. The monoisotopic (exact) mass is 312 g/mol. The van der Waals surface area contributed by atoms with Crippen LogP contribution in [0.2, 0.25) is 0 Å². The van der Waals surface area contributed by atoms with Crippen molar-refractivity contribution in [3.05, 3.63) is 65.2 Å². The van der Waals surface area contributed by atoms with E-state index in [1.54, 1.807) is 0 Å². The first-order chi connectivity index (χ1) is 10.7. The van der Waals surface area contributed by atoms with Crippen molar-refractivity contribution >= 4 is 17.3 Å². The van der Waals surface area contributed by atoms with Gasteiger partial charge in [-0.25, -0.2) is 4.79 Å². The van der Waals surface area contributed by atoms with Gasteiger partial charge in [-0.2, -0.15) is 0 Å². The third-order valence-electron chi connectivity index (χ3n) is 3.01. The largest absolute Gasteiger partial charge is 0.476 e. The molecule has 1 aromatic heterocycles. The van der Waals surface area contributed by atoms with Crippen LogP contribution >= 0.6 is 11.3 Å². The number of hydrogen-bond donors (Lipinski definition) is 1. The predicted octanol–water partition coefficient (Wildman–Crippen LogP) is 3.48. The van der Waals surface area contributed by atoms with E-state index in [9.17, 15) is 4.79 Å². The van der Waals surface area contributed by atoms with Crippen molar-refractivity contribution in [3.63, 3.8) is 0 Å². The highest BCUT2D eigenvalue weighted by atomic mass is 32.1. The lowest BCUT2D eigenvalue weighted by atomic mass is 10.0. The van der Waals surface area contributed by atoms with Crippen LogP contribution < -0.4 is 4.74 Å². The summed E-state index contributed by atoms with van der Waals surface area (Å²) >= 11 is 0.916. The molecule has 0 unspecified atom stereocenters. The highest BCUT2D eigenvalue weighted by Gasteiger charge is 2.11. The number of aromatic nitrogens is 2. The van der Waals surface area contributed by atoms with Crippen molar-refractivity contribution in [2.24, 2.45) is 0 Å². The Hall–Kier alpha value is -2.73. The van der Waals surface area contributed by atoms with Crippen molar-refractivity contribution in [3.8, 4) is 16.3 Å². The van der Waals surface area contributed by atoms with Gasteiger partial charge >= 0.3 is 5.97 Å². The number of carboxylic acids is 1. The van der Waals surface area contributed by atoms with Crippen LogP contribution in [0.1, 0.15) is 15.4 Å². The Balaban J connectivity index is 1.65. The summed E-state index contributed by atoms with van der Waals surface area (Å²) < 4.78 is 5.45. The second-order valence-electron chi connectivity index (χ2n) is 4.53. The molecule has 5 nitrogen and oxygen atoms in total. The second-order valence-corrected chi connectivity index (χ2v) is 5.47. The van der Waals surface area contributed by atoms with E-state index < -0.39 is 5.97 Å². The summed E-state index contributed by atoms with van der Waals surface area (Å²) in [7, 11) is 0. The molecule has 0 saturated heterocycles. The maximum atomic E-state index is 10.7. The minimum Gasteiger partial charge on any atom is -0.476 e. The van der Waals surface area contributed by atoms with E-state index in [1.165, 1.54) is 0 Å². The van der Waals surface area contributed by atoms with Gasteiger partial charge in [-0.1, -0.05) is 59.7 Å². The van der Waals surface area contributed by atoms with E-state index in [0.717, 1.165) is 28.0 Å². The van der Waals surface area contributed by atoms with Gasteiger partial charge in [-0.15, -0.1) is 5.10 Å². The Morgan fingerprint density at radius 3 is 2.32 bits per heavy atom. The average molecular weight is 312 g/mol. The van der Waals surface area contributed by atoms with Crippen LogP contribution in [0.5, 0.6) is 5.19 Å². The van der Waals surface area contributed by atoms with Crippen molar-refractivity contribution in [1.82, 2.24) is 10.2 Å². The molecule has 3 aromatic rings. The zero-order valence-electron chi connectivity index (χ0n) is 11.5. The van der Waals surface area contributed by atoms with Crippen molar-refractivity contribution in [1.29, 1.82) is 0 Å². The molecule has 0 aliphatic rings. The first-order valence-electron chi connectivity index (χ1n) is 6.56. The van der Waals surface area contributed by atoms with Crippen LogP contribution in [0.4, 0.5) is 0 Å². The number of ether oxygens (including phenoxy) is 1. The predicted molar refractivity (Wildman–Crippen MR) is 83.1 cm³/mol. The third-order valence-corrected chi connectivity index (χ3v) is 3.84. The molecule has 2 aromatic carbocycles. The molecule has 0 spiro atoms. The Morgan fingerprint density at radius 2 is 1.68 bits per heavy atom. The van der Waals surface area contributed by atoms with Gasteiger partial charge in [0.1, 0.15) is 6.61 Å². The number of hydrogen-bond acceptors (Lipinski definition) is 5. The lowest BCUT2D eigenvalue weighted by Gasteiger charge is -2.04. The first kappa shape index (κ1) is 14.2. The molecular weight excluding hydrogens is 300 g/mol. The second kappa shape index (κ2) is 6.36. The minimum atomic E-state index is -1.10. The molecule has 22 heavy (non-hydrogen) atoms. The molecule has 0 atom stereocenters. The minimum absolute atomic E-state index is 0.0746. The molecular formula is C16H12N2O3S. The molecule has 0 bridgehead atoms. The van der Waals surface area contributed by atoms with Gasteiger partial charge in [0.05, 0.1) is 0 Å². The fraction of sp³-hybridized carbons (Fsp3) is 0.0625. The topological polar surface area (TPSA) is 72.3 Å². The molecule has 1 N–H and O–H groups in total. The Kier molecular flexibility index (Phi) is 4.11. The van der Waals surface area contributed by atoms with Crippen LogP contribution in [-0.2, 0) is 6.61 Å². The van der Waals surface area contributed by atoms with E-state index >= 15 is 0 Å². The number of carboxylic acid groups (broad SMARTS) is 1. The Labute approximate surface area is 130 Å². The number of aromatic carboxylic acids is 1. The summed E-state index contributed by atoms with van der Waals surface area (Å²) in [6, 6.07) is 18.1. The fourth-order valence-electron chi connectivity index (χ4n) is 1.92. The molecule has 110 valence electrons. The summed E-state index contributed by atoms with van der Waals surface area (Å²) in [5, 5.41) is 16.2. The Morgan fingerprint density at radius 1 is 1.00 bits per heavy atom. The number of rotatable bonds is 5. The van der Waals surface area contributed by atoms with Crippen LogP contribution in [0.25, 0.3) is 11.1 Å². The molecule has 0 aliphatic carbocycles. The van der Waals surface area contributed by atoms with E-state index in [2.05, 4.69) is 22.3 Å². The van der Waals surface area contributed by atoms with Gasteiger partial charge in [0.25, 0.3) is 5.19 Å². The third kappa shape index (κ3) is 3.29. The normalized spacial score (nSPS) is 10.4. The Bertz CT molecular complexity index is 770. The highest BCUT2D eigenvalue weighted by Crippen LogP contribution is 2.21. The van der Waals surface area contributed by atoms with Crippen LogP contribution in [0.15, 0.2) is 54.6 Å². The van der Waals surface area contributed by atoms with Crippen LogP contribution in [0, 0.1) is 0 Å². The van der Waals surface area contributed by atoms with Crippen molar-refractivity contribution in [2.45, 2.75) is 6.61 Å². The zero-order valence-corrected chi connectivity index (χ0v) is 12.3. The maximum Gasteiger partial charge on any atom is 0.367 e.